The predicted octanol–water partition coefficient (Wildman–Crippen LogP) is 0.976. The number of rotatable bonds is 4. The van der Waals surface area contributed by atoms with Crippen LogP contribution in [0.2, 0.25) is 0 Å². The molecule has 6 heteroatoms. The van der Waals surface area contributed by atoms with Crippen LogP contribution in [0.1, 0.15) is 27.2 Å². The molecule has 0 aromatic carbocycles. The van der Waals surface area contributed by atoms with Crippen LogP contribution in [0.25, 0.3) is 0 Å². The highest BCUT2D eigenvalue weighted by molar-refractivity contribution is 8.14. The van der Waals surface area contributed by atoms with E-state index in [0.29, 0.717) is 6.54 Å². The number of carboxylic acid groups (broad SMARTS) is 1. The van der Waals surface area contributed by atoms with Crippen molar-refractivity contribution in [2.24, 2.45) is 5.92 Å². The van der Waals surface area contributed by atoms with Crippen molar-refractivity contribution in [3.63, 3.8) is 0 Å². The summed E-state index contributed by atoms with van der Waals surface area (Å²) in [7, 11) is 0. The summed E-state index contributed by atoms with van der Waals surface area (Å²) in [4.78, 5) is 35.2. The Morgan fingerprint density at radius 1 is 1.47 bits per heavy atom. The smallest absolute Gasteiger partial charge is 0.326 e. The molecule has 0 spiro atoms. The Kier molecular flexibility index (Phi) is 4.56. The minimum atomic E-state index is -0.984. The first kappa shape index (κ1) is 14.0. The average Bonchev–Trinajstić information content (AvgIpc) is 2.44. The number of aliphatic carboxylic acids is 1. The van der Waals surface area contributed by atoms with E-state index in [-0.39, 0.29) is 28.6 Å². The van der Waals surface area contributed by atoms with E-state index in [1.807, 2.05) is 0 Å². The Hall–Kier alpha value is -1.04. The largest absolute Gasteiger partial charge is 0.480 e. The number of carbonyl (C=O) groups excluding carboxylic acids is 2. The van der Waals surface area contributed by atoms with Crippen LogP contribution in [0.4, 0.5) is 0 Å². The Morgan fingerprint density at radius 2 is 2.06 bits per heavy atom. The first-order valence-corrected chi connectivity index (χ1v) is 6.40. The van der Waals surface area contributed by atoms with Gasteiger partial charge in [0.25, 0.3) is 0 Å². The highest BCUT2D eigenvalue weighted by atomic mass is 32.2. The van der Waals surface area contributed by atoms with Crippen LogP contribution in [0.15, 0.2) is 0 Å². The molecule has 0 bridgehead atoms. The third-order valence-electron chi connectivity index (χ3n) is 2.68. The number of carbonyl (C=O) groups is 3. The Balaban J connectivity index is 2.75. The molecule has 1 heterocycles. The number of hydrogen-bond acceptors (Lipinski definition) is 4. The minimum Gasteiger partial charge on any atom is -0.480 e. The number of amides is 1. The van der Waals surface area contributed by atoms with E-state index in [1.165, 1.54) is 11.8 Å². The summed E-state index contributed by atoms with van der Waals surface area (Å²) in [6.07, 6.45) is 0.251. The van der Waals surface area contributed by atoms with Crippen molar-refractivity contribution in [2.75, 3.05) is 6.54 Å². The summed E-state index contributed by atoms with van der Waals surface area (Å²) in [6.45, 7) is 5.35. The molecule has 17 heavy (non-hydrogen) atoms. The number of likely N-dealkylation sites (tertiary alicyclic amines) is 1. The second-order valence-corrected chi connectivity index (χ2v) is 5.99. The maximum atomic E-state index is 11.8. The molecule has 1 fully saturated rings. The monoisotopic (exact) mass is 259 g/mol. The lowest BCUT2D eigenvalue weighted by molar-refractivity contribution is -0.150. The molecule has 1 aliphatic rings. The first-order chi connectivity index (χ1) is 7.82. The third-order valence-corrected chi connectivity index (χ3v) is 3.66. The fraction of sp³-hybridized carbons (Fsp3) is 0.727. The van der Waals surface area contributed by atoms with E-state index in [2.05, 4.69) is 0 Å². The molecule has 1 saturated heterocycles. The van der Waals surface area contributed by atoms with Crippen LogP contribution in [0.5, 0.6) is 0 Å². The third kappa shape index (κ3) is 3.46. The molecule has 2 unspecified atom stereocenters. The van der Waals surface area contributed by atoms with Crippen molar-refractivity contribution in [1.82, 2.24) is 4.90 Å². The SMILES string of the molecule is CC(=O)SC1CC(=O)N(C(C(=O)O)C(C)C)C1. The number of carboxylic acids is 1. The zero-order chi connectivity index (χ0) is 13.2. The van der Waals surface area contributed by atoms with Crippen LogP contribution >= 0.6 is 11.8 Å². The summed E-state index contributed by atoms with van der Waals surface area (Å²) in [5, 5.41) is 8.97. The molecule has 0 aromatic rings. The summed E-state index contributed by atoms with van der Waals surface area (Å²) < 4.78 is 0. The van der Waals surface area contributed by atoms with Gasteiger partial charge in [-0.1, -0.05) is 25.6 Å². The second kappa shape index (κ2) is 5.53. The molecular weight excluding hydrogens is 242 g/mol. The van der Waals surface area contributed by atoms with Crippen molar-refractivity contribution in [1.29, 1.82) is 0 Å². The average molecular weight is 259 g/mol. The van der Waals surface area contributed by atoms with Gasteiger partial charge in [-0.25, -0.2) is 4.79 Å². The lowest BCUT2D eigenvalue weighted by Crippen LogP contribution is -2.45. The molecule has 5 nitrogen and oxygen atoms in total. The number of nitrogens with zero attached hydrogens (tertiary/aromatic N) is 1. The van der Waals surface area contributed by atoms with Crippen LogP contribution in [-0.4, -0.2) is 44.8 Å². The van der Waals surface area contributed by atoms with Gasteiger partial charge < -0.3 is 10.0 Å². The minimum absolute atomic E-state index is 0.0407. The standard InChI is InChI=1S/C11H17NO4S/c1-6(2)10(11(15)16)12-5-8(4-9(12)14)17-7(3)13/h6,8,10H,4-5H2,1-3H3,(H,15,16). The Morgan fingerprint density at radius 3 is 2.47 bits per heavy atom. The van der Waals surface area contributed by atoms with Gasteiger partial charge >= 0.3 is 5.97 Å². The zero-order valence-electron chi connectivity index (χ0n) is 10.2. The number of hydrogen-bond donors (Lipinski definition) is 1. The fourth-order valence-corrected chi connectivity index (χ4v) is 2.99. The van der Waals surface area contributed by atoms with Crippen LogP contribution in [0, 0.1) is 5.92 Å². The van der Waals surface area contributed by atoms with E-state index in [1.54, 1.807) is 13.8 Å². The lowest BCUT2D eigenvalue weighted by atomic mass is 10.0. The molecule has 0 aliphatic carbocycles. The topological polar surface area (TPSA) is 74.7 Å². The van der Waals surface area contributed by atoms with Gasteiger partial charge in [0.2, 0.25) is 5.91 Å². The van der Waals surface area contributed by atoms with Crippen molar-refractivity contribution in [3.8, 4) is 0 Å². The second-order valence-electron chi connectivity index (χ2n) is 4.51. The lowest BCUT2D eigenvalue weighted by Gasteiger charge is -2.27. The molecule has 2 atom stereocenters. The maximum Gasteiger partial charge on any atom is 0.326 e. The van der Waals surface area contributed by atoms with Gasteiger partial charge in [0.1, 0.15) is 6.04 Å². The van der Waals surface area contributed by atoms with Crippen molar-refractivity contribution in [2.45, 2.75) is 38.5 Å². The van der Waals surface area contributed by atoms with Crippen LogP contribution in [0.3, 0.4) is 0 Å². The van der Waals surface area contributed by atoms with Crippen molar-refractivity contribution < 1.29 is 19.5 Å². The molecule has 1 amide bonds. The van der Waals surface area contributed by atoms with Gasteiger partial charge in [-0.2, -0.15) is 0 Å². The Labute approximate surface area is 105 Å². The highest BCUT2D eigenvalue weighted by Gasteiger charge is 2.39. The molecule has 1 N–H and O–H groups in total. The Bertz CT molecular complexity index is 342. The molecule has 0 saturated carbocycles. The molecule has 0 radical (unpaired) electrons. The summed E-state index contributed by atoms with van der Waals surface area (Å²) in [5.74, 6) is -1.30. The molecule has 1 aliphatic heterocycles. The van der Waals surface area contributed by atoms with Gasteiger partial charge in [0.15, 0.2) is 5.12 Å². The van der Waals surface area contributed by atoms with Crippen LogP contribution in [-0.2, 0) is 14.4 Å². The predicted molar refractivity (Wildman–Crippen MR) is 64.7 cm³/mol. The summed E-state index contributed by atoms with van der Waals surface area (Å²) in [5.41, 5.74) is 0. The molecule has 1 rings (SSSR count). The van der Waals surface area contributed by atoms with Gasteiger partial charge in [0, 0.05) is 25.1 Å². The normalized spacial score (nSPS) is 22.0. The van der Waals surface area contributed by atoms with Gasteiger partial charge in [-0.3, -0.25) is 9.59 Å². The zero-order valence-corrected chi connectivity index (χ0v) is 11.0. The molecule has 96 valence electrons. The molecule has 0 aromatic heterocycles. The number of thioether (sulfide) groups is 1. The fourth-order valence-electron chi connectivity index (χ4n) is 2.06. The summed E-state index contributed by atoms with van der Waals surface area (Å²) >= 11 is 1.12. The van der Waals surface area contributed by atoms with E-state index >= 15 is 0 Å². The highest BCUT2D eigenvalue weighted by Crippen LogP contribution is 2.27. The van der Waals surface area contributed by atoms with Gasteiger partial charge in [-0.15, -0.1) is 0 Å². The van der Waals surface area contributed by atoms with Crippen LogP contribution < -0.4 is 0 Å². The van der Waals surface area contributed by atoms with Crippen molar-refractivity contribution >= 4 is 28.8 Å². The van der Waals surface area contributed by atoms with E-state index in [0.717, 1.165) is 11.8 Å². The van der Waals surface area contributed by atoms with Crippen molar-refractivity contribution in [3.05, 3.63) is 0 Å². The quantitative estimate of drug-likeness (QED) is 0.814. The van der Waals surface area contributed by atoms with Gasteiger partial charge in [0.05, 0.1) is 0 Å². The molecular formula is C11H17NO4S. The van der Waals surface area contributed by atoms with E-state index in [9.17, 15) is 14.4 Å². The first-order valence-electron chi connectivity index (χ1n) is 5.52. The van der Waals surface area contributed by atoms with E-state index < -0.39 is 12.0 Å². The van der Waals surface area contributed by atoms with E-state index in [4.69, 9.17) is 5.11 Å². The van der Waals surface area contributed by atoms with Gasteiger partial charge in [-0.05, 0) is 5.92 Å². The maximum absolute atomic E-state index is 11.8. The summed E-state index contributed by atoms with van der Waals surface area (Å²) in [6, 6.07) is -0.792.